The van der Waals surface area contributed by atoms with Gasteiger partial charge in [-0.3, -0.25) is 0 Å². The highest BCUT2D eigenvalue weighted by Crippen LogP contribution is 2.31. The Morgan fingerprint density at radius 2 is 1.90 bits per heavy atom. The van der Waals surface area contributed by atoms with E-state index in [2.05, 4.69) is 10.6 Å². The summed E-state index contributed by atoms with van der Waals surface area (Å²) in [5.41, 5.74) is 0.0249. The van der Waals surface area contributed by atoms with E-state index in [4.69, 9.17) is 28.3 Å². The van der Waals surface area contributed by atoms with Gasteiger partial charge in [0, 0.05) is 0 Å². The molecule has 0 fully saturated rings. The predicted octanol–water partition coefficient (Wildman–Crippen LogP) is 3.90. The molecule has 8 heteroatoms. The molecule has 0 radical (unpaired) electrons. The predicted molar refractivity (Wildman–Crippen MR) is 79.5 cm³/mol. The maximum atomic E-state index is 13.0. The van der Waals surface area contributed by atoms with E-state index in [0.29, 0.717) is 12.8 Å². The molecule has 21 heavy (non-hydrogen) atoms. The SMILES string of the molecule is CCCCC(NC(=O)Nc1c(Cl)cc(F)cc1Cl)C(=O)O. The lowest BCUT2D eigenvalue weighted by molar-refractivity contribution is -0.139. The Kier molecular flexibility index (Phi) is 6.71. The Bertz CT molecular complexity index is 517. The molecule has 1 unspecified atom stereocenters. The average molecular weight is 337 g/mol. The number of amides is 2. The van der Waals surface area contributed by atoms with Gasteiger partial charge < -0.3 is 15.7 Å². The van der Waals surface area contributed by atoms with E-state index in [1.54, 1.807) is 0 Å². The number of carboxylic acid groups (broad SMARTS) is 1. The van der Waals surface area contributed by atoms with Crippen molar-refractivity contribution in [2.24, 2.45) is 0 Å². The maximum Gasteiger partial charge on any atom is 0.326 e. The highest BCUT2D eigenvalue weighted by molar-refractivity contribution is 6.39. The minimum atomic E-state index is -1.13. The number of aliphatic carboxylic acids is 1. The van der Waals surface area contributed by atoms with Crippen LogP contribution in [0.25, 0.3) is 0 Å². The van der Waals surface area contributed by atoms with Crippen molar-refractivity contribution in [3.05, 3.63) is 28.0 Å². The number of rotatable bonds is 6. The number of anilines is 1. The van der Waals surface area contributed by atoms with Crippen molar-refractivity contribution >= 4 is 40.9 Å². The molecule has 1 rings (SSSR count). The molecule has 1 atom stereocenters. The monoisotopic (exact) mass is 336 g/mol. The fraction of sp³-hybridized carbons (Fsp3) is 0.385. The summed E-state index contributed by atoms with van der Waals surface area (Å²) >= 11 is 11.6. The molecule has 0 bridgehead atoms. The smallest absolute Gasteiger partial charge is 0.326 e. The number of hydrogen-bond donors (Lipinski definition) is 3. The molecular weight excluding hydrogens is 322 g/mol. The standard InChI is InChI=1S/C13H15Cl2FN2O3/c1-2-3-4-10(12(19)20)17-13(21)18-11-8(14)5-7(16)6-9(11)15/h5-6,10H,2-4H2,1H3,(H,19,20)(H2,17,18,21). The molecule has 3 N–H and O–H groups in total. The molecule has 0 aromatic heterocycles. The maximum absolute atomic E-state index is 13.0. The molecule has 0 spiro atoms. The van der Waals surface area contributed by atoms with Crippen LogP contribution in [0.5, 0.6) is 0 Å². The number of carbonyl (C=O) groups excluding carboxylic acids is 1. The first-order chi connectivity index (χ1) is 9.85. The number of benzene rings is 1. The summed E-state index contributed by atoms with van der Waals surface area (Å²) in [5, 5.41) is 13.5. The molecule has 1 aromatic carbocycles. The van der Waals surface area contributed by atoms with Crippen LogP contribution >= 0.6 is 23.2 Å². The van der Waals surface area contributed by atoms with Gasteiger partial charge in [0.2, 0.25) is 0 Å². The first kappa shape index (κ1) is 17.5. The third-order valence-electron chi connectivity index (χ3n) is 2.70. The van der Waals surface area contributed by atoms with Gasteiger partial charge in [-0.25, -0.2) is 14.0 Å². The summed E-state index contributed by atoms with van der Waals surface area (Å²) < 4.78 is 13.0. The van der Waals surface area contributed by atoms with Crippen LogP contribution in [0.4, 0.5) is 14.9 Å². The van der Waals surface area contributed by atoms with E-state index < -0.39 is 23.9 Å². The topological polar surface area (TPSA) is 78.4 Å². The number of urea groups is 1. The van der Waals surface area contributed by atoms with E-state index in [-0.39, 0.29) is 15.7 Å². The number of halogens is 3. The minimum Gasteiger partial charge on any atom is -0.480 e. The summed E-state index contributed by atoms with van der Waals surface area (Å²) in [6, 6.07) is 0.209. The number of carboxylic acids is 1. The van der Waals surface area contributed by atoms with Crippen molar-refractivity contribution in [3.63, 3.8) is 0 Å². The first-order valence-electron chi connectivity index (χ1n) is 6.30. The minimum absolute atomic E-state index is 0.0249. The van der Waals surface area contributed by atoms with E-state index >= 15 is 0 Å². The van der Waals surface area contributed by atoms with Crippen LogP contribution in [0.1, 0.15) is 26.2 Å². The van der Waals surface area contributed by atoms with Crippen molar-refractivity contribution in [1.82, 2.24) is 5.32 Å². The molecule has 0 saturated carbocycles. The van der Waals surface area contributed by atoms with Gasteiger partial charge >= 0.3 is 12.0 Å². The highest BCUT2D eigenvalue weighted by Gasteiger charge is 2.20. The van der Waals surface area contributed by atoms with Gasteiger partial charge in [0.15, 0.2) is 0 Å². The van der Waals surface area contributed by atoms with E-state index in [1.807, 2.05) is 6.92 Å². The highest BCUT2D eigenvalue weighted by atomic mass is 35.5. The van der Waals surface area contributed by atoms with Crippen LogP contribution in [0, 0.1) is 5.82 Å². The Morgan fingerprint density at radius 3 is 2.38 bits per heavy atom. The molecule has 0 heterocycles. The summed E-state index contributed by atoms with van der Waals surface area (Å²) in [4.78, 5) is 22.8. The second-order valence-corrected chi connectivity index (χ2v) is 5.19. The molecular formula is C13H15Cl2FN2O3. The second-order valence-electron chi connectivity index (χ2n) is 4.38. The molecule has 2 amide bonds. The van der Waals surface area contributed by atoms with Crippen molar-refractivity contribution < 1.29 is 19.1 Å². The van der Waals surface area contributed by atoms with Crippen molar-refractivity contribution in [2.75, 3.05) is 5.32 Å². The van der Waals surface area contributed by atoms with Gasteiger partial charge in [-0.05, 0) is 18.6 Å². The number of nitrogens with one attached hydrogen (secondary N) is 2. The van der Waals surface area contributed by atoms with Crippen LogP contribution < -0.4 is 10.6 Å². The molecule has 0 aliphatic rings. The fourth-order valence-corrected chi connectivity index (χ4v) is 2.19. The van der Waals surface area contributed by atoms with Gasteiger partial charge in [-0.1, -0.05) is 43.0 Å². The second kappa shape index (κ2) is 8.05. The third kappa shape index (κ3) is 5.40. The fourth-order valence-electron chi connectivity index (χ4n) is 1.64. The summed E-state index contributed by atoms with van der Waals surface area (Å²) in [6.07, 6.45) is 1.78. The van der Waals surface area contributed by atoms with Crippen LogP contribution in [-0.4, -0.2) is 23.1 Å². The Hall–Kier alpha value is -1.53. The Morgan fingerprint density at radius 1 is 1.33 bits per heavy atom. The van der Waals surface area contributed by atoms with Gasteiger partial charge in [0.05, 0.1) is 15.7 Å². The quantitative estimate of drug-likeness (QED) is 0.737. The van der Waals surface area contributed by atoms with Gasteiger partial charge in [-0.15, -0.1) is 0 Å². The molecule has 0 aliphatic carbocycles. The van der Waals surface area contributed by atoms with Gasteiger partial charge in [0.1, 0.15) is 11.9 Å². The van der Waals surface area contributed by atoms with Gasteiger partial charge in [0.25, 0.3) is 0 Å². The van der Waals surface area contributed by atoms with Crippen LogP contribution in [0.2, 0.25) is 10.0 Å². The van der Waals surface area contributed by atoms with E-state index in [1.165, 1.54) is 0 Å². The number of carbonyl (C=O) groups is 2. The molecule has 116 valence electrons. The van der Waals surface area contributed by atoms with E-state index in [0.717, 1.165) is 18.6 Å². The van der Waals surface area contributed by atoms with Crippen LogP contribution in [0.3, 0.4) is 0 Å². The number of hydrogen-bond acceptors (Lipinski definition) is 2. The molecule has 5 nitrogen and oxygen atoms in total. The normalized spacial score (nSPS) is 11.8. The van der Waals surface area contributed by atoms with Gasteiger partial charge in [-0.2, -0.15) is 0 Å². The van der Waals surface area contributed by atoms with Crippen molar-refractivity contribution in [1.29, 1.82) is 0 Å². The first-order valence-corrected chi connectivity index (χ1v) is 7.05. The number of unbranched alkanes of at least 4 members (excludes halogenated alkanes) is 1. The molecule has 0 aliphatic heterocycles. The van der Waals surface area contributed by atoms with Crippen LogP contribution in [-0.2, 0) is 4.79 Å². The van der Waals surface area contributed by atoms with E-state index in [9.17, 15) is 14.0 Å². The zero-order valence-electron chi connectivity index (χ0n) is 11.3. The summed E-state index contributed by atoms with van der Waals surface area (Å²) in [7, 11) is 0. The average Bonchev–Trinajstić information content (AvgIpc) is 2.38. The zero-order chi connectivity index (χ0) is 16.0. The van der Waals surface area contributed by atoms with Crippen LogP contribution in [0.15, 0.2) is 12.1 Å². The summed E-state index contributed by atoms with van der Waals surface area (Å²) in [5.74, 6) is -1.77. The molecule has 0 saturated heterocycles. The lowest BCUT2D eigenvalue weighted by Crippen LogP contribution is -2.43. The largest absolute Gasteiger partial charge is 0.480 e. The zero-order valence-corrected chi connectivity index (χ0v) is 12.8. The lowest BCUT2D eigenvalue weighted by Gasteiger charge is -2.16. The third-order valence-corrected chi connectivity index (χ3v) is 3.29. The Balaban J connectivity index is 2.74. The molecule has 1 aromatic rings. The Labute approximate surface area is 131 Å². The van der Waals surface area contributed by atoms with Crippen molar-refractivity contribution in [2.45, 2.75) is 32.2 Å². The summed E-state index contributed by atoms with van der Waals surface area (Å²) in [6.45, 7) is 1.91. The van der Waals surface area contributed by atoms with Crippen molar-refractivity contribution in [3.8, 4) is 0 Å². The lowest BCUT2D eigenvalue weighted by atomic mass is 10.1.